The number of rotatable bonds is 1. The molecule has 0 spiro atoms. The molecule has 0 amide bonds. The topological polar surface area (TPSA) is 0 Å². The van der Waals surface area contributed by atoms with Crippen LogP contribution in [-0.4, -0.2) is 0 Å². The van der Waals surface area contributed by atoms with Crippen LogP contribution in [0.25, 0.3) is 0 Å². The number of benzene rings is 1. The summed E-state index contributed by atoms with van der Waals surface area (Å²) in [6.45, 7) is 17.4. The lowest BCUT2D eigenvalue weighted by Gasteiger charge is -2.33. The summed E-state index contributed by atoms with van der Waals surface area (Å²) < 4.78 is 8.39. The van der Waals surface area contributed by atoms with E-state index in [9.17, 15) is 0 Å². The lowest BCUT2D eigenvalue weighted by molar-refractivity contribution is 0.521. The lowest BCUT2D eigenvalue weighted by Crippen LogP contribution is -2.24. The largest absolute Gasteiger partial charge is 0.0617 e. The van der Waals surface area contributed by atoms with Crippen LogP contribution >= 0.6 is 0 Å². The van der Waals surface area contributed by atoms with Gasteiger partial charge in [-0.1, -0.05) is 73.6 Å². The summed E-state index contributed by atoms with van der Waals surface area (Å²) in [5.41, 5.74) is 4.05. The van der Waals surface area contributed by atoms with E-state index >= 15 is 0 Å². The van der Waals surface area contributed by atoms with E-state index < -0.39 is 5.89 Å². The van der Waals surface area contributed by atoms with Gasteiger partial charge in [0, 0.05) is 1.37 Å². The summed E-state index contributed by atoms with van der Waals surface area (Å²) in [5.74, 6) is -0.552. The van der Waals surface area contributed by atoms with Crippen LogP contribution in [-0.2, 0) is 10.8 Å². The first-order chi connectivity index (χ1) is 7.85. The van der Waals surface area contributed by atoms with Gasteiger partial charge in [-0.2, -0.15) is 0 Å². The fourth-order valence-electron chi connectivity index (χ4n) is 2.40. The van der Waals surface area contributed by atoms with E-state index in [4.69, 9.17) is 1.37 Å². The van der Waals surface area contributed by atoms with E-state index in [1.54, 1.807) is 0 Å². The zero-order chi connectivity index (χ0) is 14.4. The van der Waals surface area contributed by atoms with Crippen molar-refractivity contribution in [2.24, 2.45) is 0 Å². The highest BCUT2D eigenvalue weighted by Crippen LogP contribution is 2.38. The molecule has 0 bridgehead atoms. The summed E-state index contributed by atoms with van der Waals surface area (Å²) in [5, 5.41) is 0. The monoisotopic (exact) mass is 233 g/mol. The molecule has 0 unspecified atom stereocenters. The fraction of sp³-hybridized carbons (Fsp3) is 0.647. The SMILES string of the molecule is [2H]C(C)(C)c1cccc(C(C)(C)C)c1C(C)(C)C. The molecule has 96 valence electrons. The molecule has 0 heteroatoms. The van der Waals surface area contributed by atoms with Gasteiger partial charge in [-0.25, -0.2) is 0 Å². The van der Waals surface area contributed by atoms with E-state index in [-0.39, 0.29) is 10.8 Å². The van der Waals surface area contributed by atoms with Crippen LogP contribution in [0.1, 0.15) is 79.3 Å². The Morgan fingerprint density at radius 3 is 1.82 bits per heavy atom. The highest BCUT2D eigenvalue weighted by molar-refractivity contribution is 5.44. The number of hydrogen-bond acceptors (Lipinski definition) is 0. The van der Waals surface area contributed by atoms with Crippen molar-refractivity contribution in [3.63, 3.8) is 0 Å². The Balaban J connectivity index is 3.68. The molecular formula is C17H28. The molecule has 17 heavy (non-hydrogen) atoms. The second kappa shape index (κ2) is 4.48. The van der Waals surface area contributed by atoms with E-state index in [1.165, 1.54) is 11.1 Å². The first-order valence-corrected chi connectivity index (χ1v) is 6.49. The second-order valence-electron chi connectivity index (χ2n) is 7.23. The standard InChI is InChI=1S/C17H28/c1-12(2)13-10-9-11-14(16(3,4)5)15(13)17(6,7)8/h9-12H,1-8H3/i12D. The van der Waals surface area contributed by atoms with Gasteiger partial charge >= 0.3 is 0 Å². The van der Waals surface area contributed by atoms with E-state index in [0.29, 0.717) is 0 Å². The molecule has 0 aliphatic rings. The van der Waals surface area contributed by atoms with E-state index in [2.05, 4.69) is 59.7 Å². The van der Waals surface area contributed by atoms with Gasteiger partial charge in [0.25, 0.3) is 0 Å². The van der Waals surface area contributed by atoms with Gasteiger partial charge in [0.05, 0.1) is 0 Å². The van der Waals surface area contributed by atoms with Crippen molar-refractivity contribution in [3.05, 3.63) is 34.9 Å². The summed E-state index contributed by atoms with van der Waals surface area (Å²) in [6.07, 6.45) is 0. The fourth-order valence-corrected chi connectivity index (χ4v) is 2.40. The molecule has 0 saturated carbocycles. The summed E-state index contributed by atoms with van der Waals surface area (Å²) in [4.78, 5) is 0. The Hall–Kier alpha value is -0.780. The maximum atomic E-state index is 8.39. The molecule has 0 aliphatic carbocycles. The zero-order valence-corrected chi connectivity index (χ0v) is 12.7. The van der Waals surface area contributed by atoms with E-state index in [1.807, 2.05) is 13.8 Å². The third-order valence-corrected chi connectivity index (χ3v) is 3.16. The molecule has 1 aromatic carbocycles. The normalized spacial score (nSPS) is 14.7. The molecule has 1 aromatic rings. The van der Waals surface area contributed by atoms with Gasteiger partial charge in [-0.3, -0.25) is 0 Å². The summed E-state index contributed by atoms with van der Waals surface area (Å²) in [6, 6.07) is 6.43. The maximum Gasteiger partial charge on any atom is 0.0347 e. The quantitative estimate of drug-likeness (QED) is 0.609. The minimum Gasteiger partial charge on any atom is -0.0617 e. The van der Waals surface area contributed by atoms with Crippen molar-refractivity contribution in [1.82, 2.24) is 0 Å². The van der Waals surface area contributed by atoms with Crippen molar-refractivity contribution in [3.8, 4) is 0 Å². The predicted molar refractivity (Wildman–Crippen MR) is 77.9 cm³/mol. The maximum absolute atomic E-state index is 8.39. The molecule has 0 radical (unpaired) electrons. The smallest absolute Gasteiger partial charge is 0.0347 e. The zero-order valence-electron chi connectivity index (χ0n) is 13.7. The van der Waals surface area contributed by atoms with Crippen LogP contribution in [0.2, 0.25) is 0 Å². The van der Waals surface area contributed by atoms with Crippen LogP contribution < -0.4 is 0 Å². The third kappa shape index (κ3) is 3.12. The van der Waals surface area contributed by atoms with Crippen LogP contribution in [0, 0.1) is 0 Å². The Morgan fingerprint density at radius 1 is 0.941 bits per heavy atom. The average molecular weight is 233 g/mol. The van der Waals surface area contributed by atoms with Crippen molar-refractivity contribution < 1.29 is 1.37 Å². The average Bonchev–Trinajstić information content (AvgIpc) is 2.12. The second-order valence-corrected chi connectivity index (χ2v) is 7.23. The Morgan fingerprint density at radius 2 is 1.47 bits per heavy atom. The minimum absolute atomic E-state index is 0.0670. The Bertz CT molecular complexity index is 390. The van der Waals surface area contributed by atoms with Crippen molar-refractivity contribution in [2.75, 3.05) is 0 Å². The molecule has 0 nitrogen and oxygen atoms in total. The van der Waals surface area contributed by atoms with Gasteiger partial charge in [0.1, 0.15) is 0 Å². The van der Waals surface area contributed by atoms with Crippen molar-refractivity contribution >= 4 is 0 Å². The van der Waals surface area contributed by atoms with Crippen LogP contribution in [0.4, 0.5) is 0 Å². The molecule has 0 fully saturated rings. The van der Waals surface area contributed by atoms with Crippen LogP contribution in [0.5, 0.6) is 0 Å². The van der Waals surface area contributed by atoms with Gasteiger partial charge in [0.2, 0.25) is 0 Å². The minimum atomic E-state index is -0.552. The molecule has 0 heterocycles. The first kappa shape index (κ1) is 12.7. The van der Waals surface area contributed by atoms with Crippen molar-refractivity contribution in [1.29, 1.82) is 0 Å². The first-order valence-electron chi connectivity index (χ1n) is 6.99. The highest BCUT2D eigenvalue weighted by Gasteiger charge is 2.27. The van der Waals surface area contributed by atoms with E-state index in [0.717, 1.165) is 5.56 Å². The van der Waals surface area contributed by atoms with Gasteiger partial charge in [-0.05, 0) is 33.4 Å². The van der Waals surface area contributed by atoms with Gasteiger partial charge in [-0.15, -0.1) is 0 Å². The molecule has 0 aromatic heterocycles. The molecule has 1 rings (SSSR count). The Kier molecular flexibility index (Phi) is 3.34. The summed E-state index contributed by atoms with van der Waals surface area (Å²) in [7, 11) is 0. The van der Waals surface area contributed by atoms with Crippen molar-refractivity contribution in [2.45, 2.75) is 72.1 Å². The molecule has 0 atom stereocenters. The van der Waals surface area contributed by atoms with Gasteiger partial charge < -0.3 is 0 Å². The molecule has 0 saturated heterocycles. The van der Waals surface area contributed by atoms with Crippen LogP contribution in [0.3, 0.4) is 0 Å². The van der Waals surface area contributed by atoms with Crippen LogP contribution in [0.15, 0.2) is 18.2 Å². The molecule has 0 N–H and O–H groups in total. The Labute approximate surface area is 109 Å². The predicted octanol–water partition coefficient (Wildman–Crippen LogP) is 5.41. The lowest BCUT2D eigenvalue weighted by atomic mass is 9.71. The third-order valence-electron chi connectivity index (χ3n) is 3.16. The summed E-state index contributed by atoms with van der Waals surface area (Å²) >= 11 is 0. The molecular weight excluding hydrogens is 204 g/mol. The number of hydrogen-bond donors (Lipinski definition) is 0. The highest BCUT2D eigenvalue weighted by atomic mass is 14.3. The van der Waals surface area contributed by atoms with Gasteiger partial charge in [0.15, 0.2) is 0 Å². The molecule has 0 aliphatic heterocycles.